The molecular formula is C15H22N2O2S2. The fraction of sp³-hybridized carbons (Fsp3) is 0.600. The Morgan fingerprint density at radius 2 is 2.19 bits per heavy atom. The summed E-state index contributed by atoms with van der Waals surface area (Å²) in [5, 5.41) is 4.23. The topological polar surface area (TPSA) is 40.6 Å². The molecule has 1 aromatic heterocycles. The number of likely N-dealkylation sites (N-methyl/N-ethyl adjacent to an activating group) is 1. The number of thioether (sulfide) groups is 1. The zero-order valence-electron chi connectivity index (χ0n) is 12.7. The van der Waals surface area contributed by atoms with E-state index in [1.165, 1.54) is 5.56 Å². The van der Waals surface area contributed by atoms with Crippen molar-refractivity contribution in [3.63, 3.8) is 0 Å². The first-order valence-electron chi connectivity index (χ1n) is 7.34. The number of hydrogen-bond acceptors (Lipinski definition) is 4. The van der Waals surface area contributed by atoms with Crippen LogP contribution in [-0.4, -0.2) is 46.5 Å². The zero-order chi connectivity index (χ0) is 15.4. The first-order valence-corrected chi connectivity index (χ1v) is 9.22. The maximum absolute atomic E-state index is 12.4. The second kappa shape index (κ2) is 7.31. The van der Waals surface area contributed by atoms with Crippen molar-refractivity contribution in [2.75, 3.05) is 19.6 Å². The van der Waals surface area contributed by atoms with E-state index in [4.69, 9.17) is 0 Å². The van der Waals surface area contributed by atoms with Crippen LogP contribution in [0.1, 0.15) is 38.1 Å². The minimum Gasteiger partial charge on any atom is -0.341 e. The minimum absolute atomic E-state index is 0.00754. The first kappa shape index (κ1) is 16.4. The molecule has 0 bridgehead atoms. The van der Waals surface area contributed by atoms with E-state index >= 15 is 0 Å². The number of nitrogens with zero attached hydrogens (tertiary/aromatic N) is 2. The van der Waals surface area contributed by atoms with Gasteiger partial charge in [0.15, 0.2) is 0 Å². The lowest BCUT2D eigenvalue weighted by Gasteiger charge is -2.27. The fourth-order valence-corrected chi connectivity index (χ4v) is 4.55. The predicted molar refractivity (Wildman–Crippen MR) is 88.4 cm³/mol. The Labute approximate surface area is 134 Å². The standard InChI is InChI=1S/C15H22N2O2S2/c1-4-13(18)16(5-2)7-8-17-14(19)11(3)21-15(17)12-6-9-20-10-12/h6,9-11,15H,4-5,7-8H2,1-3H3/t11-,15+/m0/s1. The number of rotatable bonds is 6. The van der Waals surface area contributed by atoms with Gasteiger partial charge >= 0.3 is 0 Å². The van der Waals surface area contributed by atoms with Gasteiger partial charge in [0.2, 0.25) is 11.8 Å². The summed E-state index contributed by atoms with van der Waals surface area (Å²) in [5.74, 6) is 0.327. The van der Waals surface area contributed by atoms with Crippen molar-refractivity contribution in [2.45, 2.75) is 37.8 Å². The molecule has 6 heteroatoms. The summed E-state index contributed by atoms with van der Waals surface area (Å²) in [4.78, 5) is 27.9. The van der Waals surface area contributed by atoms with E-state index in [1.54, 1.807) is 23.1 Å². The summed E-state index contributed by atoms with van der Waals surface area (Å²) < 4.78 is 0. The molecule has 2 rings (SSSR count). The van der Waals surface area contributed by atoms with Crippen LogP contribution in [0.4, 0.5) is 0 Å². The Balaban J connectivity index is 2.05. The van der Waals surface area contributed by atoms with Gasteiger partial charge in [-0.05, 0) is 36.2 Å². The monoisotopic (exact) mass is 326 g/mol. The number of amides is 2. The SMILES string of the molecule is CCC(=O)N(CC)CCN1C(=O)[C@H](C)S[C@@H]1c1ccsc1. The van der Waals surface area contributed by atoms with Crippen molar-refractivity contribution < 1.29 is 9.59 Å². The summed E-state index contributed by atoms with van der Waals surface area (Å²) in [6, 6.07) is 2.08. The van der Waals surface area contributed by atoms with Gasteiger partial charge in [-0.1, -0.05) is 6.92 Å². The summed E-state index contributed by atoms with van der Waals surface area (Å²) in [6.45, 7) is 7.73. The molecule has 21 heavy (non-hydrogen) atoms. The maximum Gasteiger partial charge on any atom is 0.236 e. The number of thiophene rings is 1. The van der Waals surface area contributed by atoms with Gasteiger partial charge in [-0.2, -0.15) is 11.3 Å². The van der Waals surface area contributed by atoms with Gasteiger partial charge < -0.3 is 9.80 Å². The first-order chi connectivity index (χ1) is 10.1. The third-order valence-electron chi connectivity index (χ3n) is 3.72. The van der Waals surface area contributed by atoms with Crippen LogP contribution >= 0.6 is 23.1 Å². The third kappa shape index (κ3) is 3.61. The molecule has 2 heterocycles. The highest BCUT2D eigenvalue weighted by Gasteiger charge is 2.38. The Bertz CT molecular complexity index is 490. The van der Waals surface area contributed by atoms with Crippen LogP contribution in [-0.2, 0) is 9.59 Å². The van der Waals surface area contributed by atoms with Crippen molar-refractivity contribution in [3.8, 4) is 0 Å². The molecule has 0 spiro atoms. The number of hydrogen-bond donors (Lipinski definition) is 0. The molecule has 4 nitrogen and oxygen atoms in total. The van der Waals surface area contributed by atoms with E-state index in [1.807, 2.05) is 36.0 Å². The van der Waals surface area contributed by atoms with Gasteiger partial charge in [-0.3, -0.25) is 9.59 Å². The highest BCUT2D eigenvalue weighted by Crippen LogP contribution is 2.43. The molecule has 0 aromatic carbocycles. The van der Waals surface area contributed by atoms with Gasteiger partial charge in [0.05, 0.1) is 5.25 Å². The average Bonchev–Trinajstić information content (AvgIpc) is 3.10. The van der Waals surface area contributed by atoms with E-state index < -0.39 is 0 Å². The Hall–Kier alpha value is -1.01. The lowest BCUT2D eigenvalue weighted by atomic mass is 10.2. The molecule has 2 amide bonds. The summed E-state index contributed by atoms with van der Waals surface area (Å²) in [5.41, 5.74) is 1.19. The highest BCUT2D eigenvalue weighted by molar-refractivity contribution is 8.01. The second-order valence-electron chi connectivity index (χ2n) is 5.05. The lowest BCUT2D eigenvalue weighted by Crippen LogP contribution is -2.40. The molecule has 0 saturated carbocycles. The Morgan fingerprint density at radius 1 is 1.43 bits per heavy atom. The summed E-state index contributed by atoms with van der Waals surface area (Å²) >= 11 is 3.34. The van der Waals surface area contributed by atoms with Crippen LogP contribution in [0.15, 0.2) is 16.8 Å². The van der Waals surface area contributed by atoms with Crippen molar-refractivity contribution >= 4 is 34.9 Å². The van der Waals surface area contributed by atoms with E-state index in [2.05, 4.69) is 11.4 Å². The molecule has 1 saturated heterocycles. The number of carbonyl (C=O) groups is 2. The highest BCUT2D eigenvalue weighted by atomic mass is 32.2. The minimum atomic E-state index is -0.00754. The van der Waals surface area contributed by atoms with Crippen LogP contribution in [0, 0.1) is 0 Å². The number of carbonyl (C=O) groups excluding carboxylic acids is 2. The summed E-state index contributed by atoms with van der Waals surface area (Å²) in [7, 11) is 0. The van der Waals surface area contributed by atoms with Gasteiger partial charge in [0.25, 0.3) is 0 Å². The molecule has 1 aromatic rings. The molecule has 2 atom stereocenters. The van der Waals surface area contributed by atoms with Crippen molar-refractivity contribution in [2.24, 2.45) is 0 Å². The van der Waals surface area contributed by atoms with Gasteiger partial charge in [-0.25, -0.2) is 0 Å². The molecule has 0 aliphatic carbocycles. The molecule has 0 N–H and O–H groups in total. The van der Waals surface area contributed by atoms with Crippen molar-refractivity contribution in [1.82, 2.24) is 9.80 Å². The van der Waals surface area contributed by atoms with Crippen molar-refractivity contribution in [3.05, 3.63) is 22.4 Å². The molecule has 1 aliphatic heterocycles. The molecule has 0 unspecified atom stereocenters. The zero-order valence-corrected chi connectivity index (χ0v) is 14.4. The molecular weight excluding hydrogens is 304 g/mol. The van der Waals surface area contributed by atoms with E-state index in [-0.39, 0.29) is 22.4 Å². The largest absolute Gasteiger partial charge is 0.341 e. The van der Waals surface area contributed by atoms with Crippen LogP contribution in [0.2, 0.25) is 0 Å². The second-order valence-corrected chi connectivity index (χ2v) is 7.25. The quantitative estimate of drug-likeness (QED) is 0.807. The summed E-state index contributed by atoms with van der Waals surface area (Å²) in [6.07, 6.45) is 0.515. The van der Waals surface area contributed by atoms with Crippen LogP contribution in [0.25, 0.3) is 0 Å². The normalized spacial score (nSPS) is 21.9. The Morgan fingerprint density at radius 3 is 2.76 bits per heavy atom. The Kier molecular flexibility index (Phi) is 5.70. The van der Waals surface area contributed by atoms with Crippen LogP contribution in [0.3, 0.4) is 0 Å². The van der Waals surface area contributed by atoms with Gasteiger partial charge in [-0.15, -0.1) is 11.8 Å². The van der Waals surface area contributed by atoms with Gasteiger partial charge in [0.1, 0.15) is 5.37 Å². The maximum atomic E-state index is 12.4. The van der Waals surface area contributed by atoms with E-state index in [0.29, 0.717) is 26.1 Å². The predicted octanol–water partition coefficient (Wildman–Crippen LogP) is 2.97. The van der Waals surface area contributed by atoms with Crippen LogP contribution in [0.5, 0.6) is 0 Å². The van der Waals surface area contributed by atoms with Crippen molar-refractivity contribution in [1.29, 1.82) is 0 Å². The smallest absolute Gasteiger partial charge is 0.236 e. The molecule has 0 radical (unpaired) electrons. The molecule has 1 fully saturated rings. The van der Waals surface area contributed by atoms with Gasteiger partial charge in [0, 0.05) is 26.1 Å². The fourth-order valence-electron chi connectivity index (χ4n) is 2.49. The third-order valence-corrected chi connectivity index (χ3v) is 5.82. The van der Waals surface area contributed by atoms with E-state index in [9.17, 15) is 9.59 Å². The average molecular weight is 326 g/mol. The molecule has 1 aliphatic rings. The van der Waals surface area contributed by atoms with E-state index in [0.717, 1.165) is 0 Å². The van der Waals surface area contributed by atoms with Crippen LogP contribution < -0.4 is 0 Å². The lowest BCUT2D eigenvalue weighted by molar-refractivity contribution is -0.134. The molecule has 116 valence electrons.